The van der Waals surface area contributed by atoms with Gasteiger partial charge in [-0.25, -0.2) is 4.79 Å². The van der Waals surface area contributed by atoms with Gasteiger partial charge < -0.3 is 20.2 Å². The highest BCUT2D eigenvalue weighted by Gasteiger charge is 2.40. The average molecular weight is 274 g/mol. The molecular formula is C14H14N2O4. The first-order valence-corrected chi connectivity index (χ1v) is 6.02. The Kier molecular flexibility index (Phi) is 3.56. The van der Waals surface area contributed by atoms with Crippen LogP contribution in [0.25, 0.3) is 10.9 Å². The molecule has 0 saturated carbocycles. The number of carbonyl (C=O) groups excluding carboxylic acids is 2. The number of aromatic amines is 1. The number of aliphatic carboxylic acids is 1. The van der Waals surface area contributed by atoms with E-state index in [1.807, 2.05) is 24.3 Å². The number of carbonyl (C=O) groups is 3. The van der Waals surface area contributed by atoms with Gasteiger partial charge in [0, 0.05) is 30.4 Å². The van der Waals surface area contributed by atoms with Crippen molar-refractivity contribution in [3.8, 4) is 0 Å². The molecule has 1 atom stereocenters. The first-order valence-electron chi connectivity index (χ1n) is 6.02. The fourth-order valence-corrected chi connectivity index (χ4v) is 2.19. The van der Waals surface area contributed by atoms with Crippen molar-refractivity contribution < 1.29 is 19.5 Å². The molecule has 1 heterocycles. The summed E-state index contributed by atoms with van der Waals surface area (Å²) in [6.45, 7) is 1.18. The van der Waals surface area contributed by atoms with Crippen molar-refractivity contribution in [1.82, 2.24) is 10.3 Å². The molecular weight excluding hydrogens is 260 g/mol. The molecule has 0 aliphatic rings. The molecule has 1 amide bonds. The van der Waals surface area contributed by atoms with Crippen LogP contribution < -0.4 is 5.32 Å². The van der Waals surface area contributed by atoms with Gasteiger partial charge in [-0.2, -0.15) is 0 Å². The molecule has 1 unspecified atom stereocenters. The minimum atomic E-state index is -1.95. The zero-order chi connectivity index (χ0) is 14.8. The minimum absolute atomic E-state index is 0.116. The third kappa shape index (κ3) is 2.40. The molecule has 0 radical (unpaired) electrons. The van der Waals surface area contributed by atoms with Crippen LogP contribution in [-0.2, 0) is 20.8 Å². The number of fused-ring (bicyclic) bond motifs is 1. The van der Waals surface area contributed by atoms with Crippen LogP contribution in [0.5, 0.6) is 0 Å². The topological polar surface area (TPSA) is 99.3 Å². The van der Waals surface area contributed by atoms with Crippen LogP contribution in [0.2, 0.25) is 0 Å². The fourth-order valence-electron chi connectivity index (χ4n) is 2.19. The Morgan fingerprint density at radius 1 is 1.40 bits per heavy atom. The Labute approximate surface area is 114 Å². The van der Waals surface area contributed by atoms with Crippen LogP contribution in [0.15, 0.2) is 30.5 Å². The van der Waals surface area contributed by atoms with Crippen LogP contribution in [-0.4, -0.2) is 33.8 Å². The standard InChI is InChI=1S/C14H14N2O4/c1-9(18)16-14(8-17,13(19)20)6-10-7-15-12-5-3-2-4-11(10)12/h2-5,7-8,15H,6H2,1H3,(H,16,18)(H,19,20). The van der Waals surface area contributed by atoms with E-state index in [4.69, 9.17) is 0 Å². The molecule has 1 aromatic carbocycles. The van der Waals surface area contributed by atoms with Gasteiger partial charge in [-0.15, -0.1) is 0 Å². The maximum absolute atomic E-state index is 11.4. The highest BCUT2D eigenvalue weighted by atomic mass is 16.4. The summed E-state index contributed by atoms with van der Waals surface area (Å²) in [5.74, 6) is -1.95. The molecule has 2 aromatic rings. The summed E-state index contributed by atoms with van der Waals surface area (Å²) in [4.78, 5) is 36.8. The Balaban J connectivity index is 2.44. The lowest BCUT2D eigenvalue weighted by Gasteiger charge is -2.23. The van der Waals surface area contributed by atoms with E-state index in [0.29, 0.717) is 5.56 Å². The maximum atomic E-state index is 11.4. The zero-order valence-electron chi connectivity index (χ0n) is 10.8. The van der Waals surface area contributed by atoms with Crippen molar-refractivity contribution in [3.63, 3.8) is 0 Å². The normalized spacial score (nSPS) is 13.7. The summed E-state index contributed by atoms with van der Waals surface area (Å²) in [7, 11) is 0. The molecule has 0 spiro atoms. The van der Waals surface area contributed by atoms with Crippen LogP contribution in [0.3, 0.4) is 0 Å². The van der Waals surface area contributed by atoms with Gasteiger partial charge in [0.1, 0.15) is 0 Å². The van der Waals surface area contributed by atoms with E-state index in [2.05, 4.69) is 10.3 Å². The van der Waals surface area contributed by atoms with Gasteiger partial charge in [-0.1, -0.05) is 18.2 Å². The van der Waals surface area contributed by atoms with Crippen LogP contribution in [0.1, 0.15) is 12.5 Å². The molecule has 2 rings (SSSR count). The highest BCUT2D eigenvalue weighted by molar-refractivity contribution is 6.01. The number of aldehydes is 1. The first-order chi connectivity index (χ1) is 9.48. The average Bonchev–Trinajstić information content (AvgIpc) is 2.80. The number of amides is 1. The van der Waals surface area contributed by atoms with Crippen LogP contribution >= 0.6 is 0 Å². The van der Waals surface area contributed by atoms with Gasteiger partial charge in [-0.05, 0) is 11.6 Å². The molecule has 3 N–H and O–H groups in total. The lowest BCUT2D eigenvalue weighted by molar-refractivity contribution is -0.149. The minimum Gasteiger partial charge on any atom is -0.479 e. The fraction of sp³-hybridized carbons (Fsp3) is 0.214. The second kappa shape index (κ2) is 5.16. The number of benzene rings is 1. The van der Waals surface area contributed by atoms with Crippen molar-refractivity contribution in [2.75, 3.05) is 0 Å². The summed E-state index contributed by atoms with van der Waals surface area (Å²) >= 11 is 0. The van der Waals surface area contributed by atoms with E-state index in [1.165, 1.54) is 6.92 Å². The van der Waals surface area contributed by atoms with Crippen LogP contribution in [0, 0.1) is 0 Å². The molecule has 6 nitrogen and oxygen atoms in total. The van der Waals surface area contributed by atoms with Gasteiger partial charge in [0.2, 0.25) is 5.91 Å². The third-order valence-corrected chi connectivity index (χ3v) is 3.13. The lowest BCUT2D eigenvalue weighted by Crippen LogP contribution is -2.57. The van der Waals surface area contributed by atoms with E-state index in [9.17, 15) is 19.5 Å². The Morgan fingerprint density at radius 3 is 2.70 bits per heavy atom. The summed E-state index contributed by atoms with van der Waals surface area (Å²) < 4.78 is 0. The van der Waals surface area contributed by atoms with Crippen molar-refractivity contribution in [3.05, 3.63) is 36.0 Å². The number of carboxylic acid groups (broad SMARTS) is 1. The second-order valence-electron chi connectivity index (χ2n) is 4.61. The maximum Gasteiger partial charge on any atom is 0.337 e. The van der Waals surface area contributed by atoms with E-state index in [-0.39, 0.29) is 12.7 Å². The van der Waals surface area contributed by atoms with Crippen molar-refractivity contribution in [1.29, 1.82) is 0 Å². The van der Waals surface area contributed by atoms with E-state index < -0.39 is 17.4 Å². The predicted octanol–water partition coefficient (Wildman–Crippen LogP) is 0.869. The van der Waals surface area contributed by atoms with Gasteiger partial charge >= 0.3 is 5.97 Å². The van der Waals surface area contributed by atoms with Crippen molar-refractivity contribution in [2.24, 2.45) is 0 Å². The second-order valence-corrected chi connectivity index (χ2v) is 4.61. The lowest BCUT2D eigenvalue weighted by atomic mass is 9.92. The number of rotatable bonds is 5. The van der Waals surface area contributed by atoms with Gasteiger partial charge in [0.15, 0.2) is 11.8 Å². The molecule has 0 aliphatic carbocycles. The molecule has 0 bridgehead atoms. The molecule has 0 aliphatic heterocycles. The molecule has 6 heteroatoms. The van der Waals surface area contributed by atoms with E-state index in [1.54, 1.807) is 6.20 Å². The Hall–Kier alpha value is -2.63. The number of para-hydroxylation sites is 1. The molecule has 0 saturated heterocycles. The summed E-state index contributed by atoms with van der Waals surface area (Å²) in [5, 5.41) is 12.3. The number of aromatic nitrogens is 1. The smallest absolute Gasteiger partial charge is 0.337 e. The Bertz CT molecular complexity index is 677. The highest BCUT2D eigenvalue weighted by Crippen LogP contribution is 2.22. The van der Waals surface area contributed by atoms with E-state index in [0.717, 1.165) is 10.9 Å². The van der Waals surface area contributed by atoms with Crippen molar-refractivity contribution in [2.45, 2.75) is 18.9 Å². The largest absolute Gasteiger partial charge is 0.479 e. The van der Waals surface area contributed by atoms with Crippen LogP contribution in [0.4, 0.5) is 0 Å². The quantitative estimate of drug-likeness (QED) is 0.556. The first kappa shape index (κ1) is 13.8. The molecule has 104 valence electrons. The number of carboxylic acids is 1. The summed E-state index contributed by atoms with van der Waals surface area (Å²) in [6, 6.07) is 7.34. The number of H-pyrrole nitrogens is 1. The molecule has 1 aromatic heterocycles. The van der Waals surface area contributed by atoms with Gasteiger partial charge in [0.25, 0.3) is 0 Å². The van der Waals surface area contributed by atoms with Gasteiger partial charge in [-0.3, -0.25) is 4.79 Å². The van der Waals surface area contributed by atoms with Crippen molar-refractivity contribution >= 4 is 29.1 Å². The zero-order valence-corrected chi connectivity index (χ0v) is 10.8. The molecule has 20 heavy (non-hydrogen) atoms. The number of hydrogen-bond acceptors (Lipinski definition) is 3. The SMILES string of the molecule is CC(=O)NC(C=O)(Cc1c[nH]c2ccccc12)C(=O)O. The summed E-state index contributed by atoms with van der Waals surface area (Å²) in [6.07, 6.45) is 1.79. The monoisotopic (exact) mass is 274 g/mol. The molecule has 0 fully saturated rings. The van der Waals surface area contributed by atoms with E-state index >= 15 is 0 Å². The predicted molar refractivity (Wildman–Crippen MR) is 72.3 cm³/mol. The Morgan fingerprint density at radius 2 is 2.10 bits per heavy atom. The number of hydrogen-bond donors (Lipinski definition) is 3. The van der Waals surface area contributed by atoms with Gasteiger partial charge in [0.05, 0.1) is 0 Å². The number of nitrogens with one attached hydrogen (secondary N) is 2. The summed E-state index contributed by atoms with van der Waals surface area (Å²) in [5.41, 5.74) is -0.448. The third-order valence-electron chi connectivity index (χ3n) is 3.13.